The number of rotatable bonds is 3. The van der Waals surface area contributed by atoms with Crippen LogP contribution in [-0.2, 0) is 0 Å². The van der Waals surface area contributed by atoms with E-state index < -0.39 is 0 Å². The molecule has 0 aromatic carbocycles. The van der Waals surface area contributed by atoms with E-state index in [1.807, 2.05) is 29.3 Å². The molecule has 0 saturated carbocycles. The van der Waals surface area contributed by atoms with Crippen LogP contribution in [0.5, 0.6) is 0 Å². The summed E-state index contributed by atoms with van der Waals surface area (Å²) in [6.45, 7) is 4.16. The molecule has 0 radical (unpaired) electrons. The van der Waals surface area contributed by atoms with E-state index in [1.165, 1.54) is 11.3 Å². The fraction of sp³-hybridized carbons (Fsp3) is 0.429. The van der Waals surface area contributed by atoms with Gasteiger partial charge in [0.1, 0.15) is 9.88 Å². The lowest BCUT2D eigenvalue weighted by Crippen LogP contribution is -2.29. The molecule has 4 nitrogen and oxygen atoms in total. The zero-order valence-electron chi connectivity index (χ0n) is 12.2. The van der Waals surface area contributed by atoms with Crippen molar-refractivity contribution in [3.63, 3.8) is 0 Å². The smallest absolute Gasteiger partial charge is 0.265 e. The van der Waals surface area contributed by atoms with E-state index in [2.05, 4.69) is 4.98 Å². The summed E-state index contributed by atoms with van der Waals surface area (Å²) in [5, 5.41) is 2.97. The van der Waals surface area contributed by atoms with E-state index in [0.717, 1.165) is 40.0 Å². The summed E-state index contributed by atoms with van der Waals surface area (Å²) in [6.07, 6.45) is 1.01. The highest BCUT2D eigenvalue weighted by molar-refractivity contribution is 7.22. The monoisotopic (exact) mass is 379 g/mol. The van der Waals surface area contributed by atoms with Gasteiger partial charge in [-0.05, 0) is 37.3 Å². The Kier molecular flexibility index (Phi) is 7.28. The van der Waals surface area contributed by atoms with E-state index >= 15 is 0 Å². The molecule has 1 fully saturated rings. The van der Waals surface area contributed by atoms with Gasteiger partial charge in [-0.3, -0.25) is 4.79 Å². The predicted octanol–water partition coefficient (Wildman–Crippen LogP) is 3.44. The molecule has 2 N–H and O–H groups in total. The Morgan fingerprint density at radius 3 is 2.86 bits per heavy atom. The number of thiazole rings is 1. The van der Waals surface area contributed by atoms with Crippen molar-refractivity contribution < 1.29 is 4.79 Å². The maximum absolute atomic E-state index is 12.6. The van der Waals surface area contributed by atoms with E-state index in [4.69, 9.17) is 5.73 Å². The number of carbonyl (C=O) groups excluding carboxylic acids is 1. The molecule has 0 aliphatic carbocycles. The number of nitrogens with two attached hydrogens (primary N) is 1. The molecule has 1 atom stereocenters. The minimum absolute atomic E-state index is 0. The predicted molar refractivity (Wildman–Crippen MR) is 97.7 cm³/mol. The highest BCUT2D eigenvalue weighted by Gasteiger charge is 2.28. The Bertz CT molecular complexity index is 616. The van der Waals surface area contributed by atoms with Crippen molar-refractivity contribution >= 4 is 53.4 Å². The molecule has 0 spiro atoms. The quantitative estimate of drug-likeness (QED) is 0.887. The second kappa shape index (κ2) is 8.26. The number of thiophene rings is 1. The lowest BCUT2D eigenvalue weighted by atomic mass is 10.1. The fourth-order valence-corrected chi connectivity index (χ4v) is 4.28. The van der Waals surface area contributed by atoms with Crippen LogP contribution in [0.2, 0.25) is 0 Å². The zero-order valence-corrected chi connectivity index (χ0v) is 15.4. The number of aryl methyl sites for hydroxylation is 1. The minimum Gasteiger partial charge on any atom is -0.338 e. The molecular weight excluding hydrogens is 361 g/mol. The molecule has 3 rings (SSSR count). The topological polar surface area (TPSA) is 59.2 Å². The van der Waals surface area contributed by atoms with Gasteiger partial charge in [0.15, 0.2) is 0 Å². The molecule has 0 bridgehead atoms. The zero-order chi connectivity index (χ0) is 14.1. The molecule has 8 heteroatoms. The molecule has 3 heterocycles. The van der Waals surface area contributed by atoms with Gasteiger partial charge in [-0.1, -0.05) is 6.07 Å². The Morgan fingerprint density at radius 2 is 2.27 bits per heavy atom. The van der Waals surface area contributed by atoms with Gasteiger partial charge in [0.25, 0.3) is 5.91 Å². The van der Waals surface area contributed by atoms with Crippen molar-refractivity contribution in [1.82, 2.24) is 9.88 Å². The van der Waals surface area contributed by atoms with E-state index in [0.29, 0.717) is 12.5 Å². The Morgan fingerprint density at radius 1 is 1.50 bits per heavy atom. The van der Waals surface area contributed by atoms with Gasteiger partial charge in [-0.2, -0.15) is 0 Å². The molecule has 2 aromatic heterocycles. The molecule has 122 valence electrons. The Hall–Kier alpha value is -0.660. The molecule has 1 amide bonds. The number of carbonyl (C=O) groups is 1. The summed E-state index contributed by atoms with van der Waals surface area (Å²) < 4.78 is 0. The number of hydrogen-bond acceptors (Lipinski definition) is 5. The summed E-state index contributed by atoms with van der Waals surface area (Å²) in [7, 11) is 0. The van der Waals surface area contributed by atoms with Crippen LogP contribution in [0.15, 0.2) is 17.5 Å². The minimum atomic E-state index is 0. The Labute approximate surface area is 150 Å². The summed E-state index contributed by atoms with van der Waals surface area (Å²) in [5.74, 6) is 0.558. The van der Waals surface area contributed by atoms with Crippen molar-refractivity contribution in [3.8, 4) is 9.88 Å². The molecule has 1 aliphatic rings. The average Bonchev–Trinajstić information content (AvgIpc) is 3.18. The second-order valence-corrected chi connectivity index (χ2v) is 7.00. The molecule has 1 aliphatic heterocycles. The highest BCUT2D eigenvalue weighted by atomic mass is 35.5. The van der Waals surface area contributed by atoms with Crippen LogP contribution in [0.1, 0.15) is 21.8 Å². The van der Waals surface area contributed by atoms with Gasteiger partial charge in [0.05, 0.1) is 10.6 Å². The van der Waals surface area contributed by atoms with Crippen LogP contribution < -0.4 is 5.73 Å². The first-order chi connectivity index (χ1) is 9.69. The van der Waals surface area contributed by atoms with Crippen LogP contribution in [-0.4, -0.2) is 35.4 Å². The van der Waals surface area contributed by atoms with Crippen molar-refractivity contribution in [2.24, 2.45) is 11.7 Å². The molecule has 22 heavy (non-hydrogen) atoms. The van der Waals surface area contributed by atoms with Crippen molar-refractivity contribution in [1.29, 1.82) is 0 Å². The number of nitrogens with zero attached hydrogens (tertiary/aromatic N) is 2. The van der Waals surface area contributed by atoms with Gasteiger partial charge in [0.2, 0.25) is 0 Å². The fourth-order valence-electron chi connectivity index (χ4n) is 2.45. The van der Waals surface area contributed by atoms with Crippen molar-refractivity contribution in [3.05, 3.63) is 28.1 Å². The molecule has 2 aromatic rings. The van der Waals surface area contributed by atoms with Crippen LogP contribution >= 0.6 is 47.5 Å². The highest BCUT2D eigenvalue weighted by Crippen LogP contribution is 2.32. The summed E-state index contributed by atoms with van der Waals surface area (Å²) in [6, 6.07) is 4.04. The van der Waals surface area contributed by atoms with Crippen molar-refractivity contribution in [2.45, 2.75) is 13.3 Å². The van der Waals surface area contributed by atoms with Gasteiger partial charge in [-0.15, -0.1) is 47.5 Å². The third-order valence-corrected chi connectivity index (χ3v) is 5.81. The van der Waals surface area contributed by atoms with Crippen LogP contribution in [0.4, 0.5) is 0 Å². The van der Waals surface area contributed by atoms with Gasteiger partial charge in [0, 0.05) is 13.1 Å². The average molecular weight is 380 g/mol. The van der Waals surface area contributed by atoms with E-state index in [9.17, 15) is 4.79 Å². The molecular formula is C14H19Cl2N3OS2. The maximum atomic E-state index is 12.6. The summed E-state index contributed by atoms with van der Waals surface area (Å²) >= 11 is 3.15. The third kappa shape index (κ3) is 3.81. The Balaban J connectivity index is 0.00000121. The van der Waals surface area contributed by atoms with Gasteiger partial charge < -0.3 is 10.6 Å². The second-order valence-electron chi connectivity index (χ2n) is 5.05. The van der Waals surface area contributed by atoms with Crippen molar-refractivity contribution in [2.75, 3.05) is 19.6 Å². The number of hydrogen-bond donors (Lipinski definition) is 1. The van der Waals surface area contributed by atoms with Gasteiger partial charge >= 0.3 is 0 Å². The third-order valence-electron chi connectivity index (χ3n) is 3.63. The van der Waals surface area contributed by atoms with E-state index in [-0.39, 0.29) is 30.7 Å². The first kappa shape index (κ1) is 19.4. The number of amides is 1. The first-order valence-electron chi connectivity index (χ1n) is 6.69. The molecule has 1 unspecified atom stereocenters. The maximum Gasteiger partial charge on any atom is 0.265 e. The lowest BCUT2D eigenvalue weighted by Gasteiger charge is -2.15. The number of likely N-dealkylation sites (tertiary alicyclic amines) is 1. The first-order valence-corrected chi connectivity index (χ1v) is 8.39. The summed E-state index contributed by atoms with van der Waals surface area (Å²) in [4.78, 5) is 20.9. The van der Waals surface area contributed by atoms with Crippen LogP contribution in [0, 0.1) is 12.8 Å². The molecule has 1 saturated heterocycles. The SMILES string of the molecule is Cc1nc(-c2cccs2)sc1C(=O)N1CCC(CN)C1.Cl.Cl. The van der Waals surface area contributed by atoms with Crippen LogP contribution in [0.3, 0.4) is 0 Å². The van der Waals surface area contributed by atoms with Gasteiger partial charge in [-0.25, -0.2) is 4.98 Å². The normalized spacial score (nSPS) is 17.0. The van der Waals surface area contributed by atoms with Crippen LogP contribution in [0.25, 0.3) is 9.88 Å². The standard InChI is InChI=1S/C14H17N3OS2.2ClH/c1-9-12(14(18)17-5-4-10(7-15)8-17)20-13(16-9)11-3-2-6-19-11;;/h2-3,6,10H,4-5,7-8,15H2,1H3;2*1H. The number of aromatic nitrogens is 1. The number of halogens is 2. The largest absolute Gasteiger partial charge is 0.338 e. The van der Waals surface area contributed by atoms with E-state index in [1.54, 1.807) is 11.3 Å². The summed E-state index contributed by atoms with van der Waals surface area (Å²) in [5.41, 5.74) is 6.52. The lowest BCUT2D eigenvalue weighted by molar-refractivity contribution is 0.0791.